The third kappa shape index (κ3) is 4.05. The summed E-state index contributed by atoms with van der Waals surface area (Å²) in [6.45, 7) is 3.41. The van der Waals surface area contributed by atoms with Crippen LogP contribution in [0, 0.1) is 0 Å². The number of anilines is 2. The van der Waals surface area contributed by atoms with Crippen molar-refractivity contribution in [2.75, 3.05) is 49.1 Å². The molecule has 1 aromatic carbocycles. The summed E-state index contributed by atoms with van der Waals surface area (Å²) in [4.78, 5) is 38.5. The monoisotopic (exact) mass is 381 g/mol. The molecule has 0 bridgehead atoms. The number of nitrogens with zero attached hydrogens (tertiary/aromatic N) is 5. The first-order valence-corrected chi connectivity index (χ1v) is 9.53. The second kappa shape index (κ2) is 8.24. The fourth-order valence-corrected chi connectivity index (χ4v) is 3.54. The molecule has 2 aromatic rings. The van der Waals surface area contributed by atoms with Gasteiger partial charge in [0, 0.05) is 63.3 Å². The molecule has 2 amide bonds. The Morgan fingerprint density at radius 1 is 1.11 bits per heavy atom. The van der Waals surface area contributed by atoms with Crippen molar-refractivity contribution in [1.29, 1.82) is 0 Å². The van der Waals surface area contributed by atoms with Crippen molar-refractivity contribution in [3.8, 4) is 5.75 Å². The quantitative estimate of drug-likeness (QED) is 0.778. The van der Waals surface area contributed by atoms with Crippen molar-refractivity contribution < 1.29 is 14.3 Å². The third-order valence-electron chi connectivity index (χ3n) is 5.07. The van der Waals surface area contributed by atoms with Crippen LogP contribution in [0.3, 0.4) is 0 Å². The molecule has 3 heterocycles. The molecule has 1 aromatic heterocycles. The van der Waals surface area contributed by atoms with Gasteiger partial charge in [0.15, 0.2) is 6.61 Å². The standard InChI is InChI=1S/C20H23N5O3/c26-19-5-2-8-25(19)16-3-1-4-17(13-16)28-15-20(27)24-11-9-23(10-12-24)18-14-21-6-7-22-18/h1,3-4,6-7,13-14H,2,5,8-12,15H2. The van der Waals surface area contributed by atoms with E-state index >= 15 is 0 Å². The highest BCUT2D eigenvalue weighted by Crippen LogP contribution is 2.25. The van der Waals surface area contributed by atoms with E-state index in [1.807, 2.05) is 24.3 Å². The van der Waals surface area contributed by atoms with E-state index in [9.17, 15) is 9.59 Å². The van der Waals surface area contributed by atoms with Gasteiger partial charge in [-0.25, -0.2) is 4.98 Å². The maximum absolute atomic E-state index is 12.5. The third-order valence-corrected chi connectivity index (χ3v) is 5.07. The minimum Gasteiger partial charge on any atom is -0.484 e. The number of amides is 2. The van der Waals surface area contributed by atoms with E-state index in [0.717, 1.165) is 37.6 Å². The van der Waals surface area contributed by atoms with E-state index in [-0.39, 0.29) is 18.4 Å². The van der Waals surface area contributed by atoms with E-state index < -0.39 is 0 Å². The Balaban J connectivity index is 1.29. The van der Waals surface area contributed by atoms with Gasteiger partial charge in [-0.15, -0.1) is 0 Å². The predicted octanol–water partition coefficient (Wildman–Crippen LogP) is 1.33. The van der Waals surface area contributed by atoms with Gasteiger partial charge in [-0.1, -0.05) is 6.07 Å². The maximum atomic E-state index is 12.5. The van der Waals surface area contributed by atoms with Gasteiger partial charge in [-0.05, 0) is 18.6 Å². The van der Waals surface area contributed by atoms with Crippen molar-refractivity contribution in [2.45, 2.75) is 12.8 Å². The van der Waals surface area contributed by atoms with E-state index in [1.165, 1.54) is 0 Å². The Kier molecular flexibility index (Phi) is 5.36. The first-order chi connectivity index (χ1) is 13.7. The Morgan fingerprint density at radius 2 is 1.96 bits per heavy atom. The molecule has 2 aliphatic heterocycles. The lowest BCUT2D eigenvalue weighted by Gasteiger charge is -2.35. The van der Waals surface area contributed by atoms with Crippen LogP contribution in [-0.4, -0.2) is 66.0 Å². The zero-order chi connectivity index (χ0) is 19.3. The molecular formula is C20H23N5O3. The van der Waals surface area contributed by atoms with Crippen LogP contribution in [0.5, 0.6) is 5.75 Å². The summed E-state index contributed by atoms with van der Waals surface area (Å²) in [5.74, 6) is 1.53. The number of carbonyl (C=O) groups excluding carboxylic acids is 2. The van der Waals surface area contributed by atoms with Crippen LogP contribution in [0.25, 0.3) is 0 Å². The summed E-state index contributed by atoms with van der Waals surface area (Å²) in [5, 5.41) is 0. The molecule has 0 saturated carbocycles. The second-order valence-electron chi connectivity index (χ2n) is 6.87. The van der Waals surface area contributed by atoms with E-state index in [0.29, 0.717) is 25.3 Å². The first kappa shape index (κ1) is 18.2. The van der Waals surface area contributed by atoms with Crippen molar-refractivity contribution in [3.63, 3.8) is 0 Å². The van der Waals surface area contributed by atoms with Gasteiger partial charge in [0.25, 0.3) is 5.91 Å². The highest BCUT2D eigenvalue weighted by Gasteiger charge is 2.23. The molecule has 2 saturated heterocycles. The Bertz CT molecular complexity index is 837. The Hall–Kier alpha value is -3.16. The smallest absolute Gasteiger partial charge is 0.260 e. The van der Waals surface area contributed by atoms with Crippen LogP contribution < -0.4 is 14.5 Å². The molecule has 2 fully saturated rings. The van der Waals surface area contributed by atoms with Gasteiger partial charge >= 0.3 is 0 Å². The van der Waals surface area contributed by atoms with E-state index in [4.69, 9.17) is 4.74 Å². The lowest BCUT2D eigenvalue weighted by atomic mass is 10.2. The lowest BCUT2D eigenvalue weighted by molar-refractivity contribution is -0.133. The number of ether oxygens (including phenoxy) is 1. The number of piperazine rings is 1. The summed E-state index contributed by atoms with van der Waals surface area (Å²) >= 11 is 0. The molecule has 0 spiro atoms. The van der Waals surface area contributed by atoms with Crippen molar-refractivity contribution in [2.24, 2.45) is 0 Å². The number of hydrogen-bond acceptors (Lipinski definition) is 6. The molecule has 8 heteroatoms. The predicted molar refractivity (Wildman–Crippen MR) is 104 cm³/mol. The molecule has 0 unspecified atom stereocenters. The van der Waals surface area contributed by atoms with Crippen LogP contribution >= 0.6 is 0 Å². The van der Waals surface area contributed by atoms with E-state index in [1.54, 1.807) is 28.4 Å². The maximum Gasteiger partial charge on any atom is 0.260 e. The summed E-state index contributed by atoms with van der Waals surface area (Å²) < 4.78 is 5.70. The fourth-order valence-electron chi connectivity index (χ4n) is 3.54. The molecule has 28 heavy (non-hydrogen) atoms. The zero-order valence-electron chi connectivity index (χ0n) is 15.7. The van der Waals surface area contributed by atoms with Gasteiger partial charge in [0.1, 0.15) is 11.6 Å². The van der Waals surface area contributed by atoms with Crippen molar-refractivity contribution in [1.82, 2.24) is 14.9 Å². The van der Waals surface area contributed by atoms with Gasteiger partial charge in [-0.3, -0.25) is 14.6 Å². The minimum absolute atomic E-state index is 0.0114. The summed E-state index contributed by atoms with van der Waals surface area (Å²) in [6.07, 6.45) is 6.52. The van der Waals surface area contributed by atoms with Crippen LogP contribution in [0.1, 0.15) is 12.8 Å². The molecular weight excluding hydrogens is 358 g/mol. The lowest BCUT2D eigenvalue weighted by Crippen LogP contribution is -2.50. The highest BCUT2D eigenvalue weighted by molar-refractivity contribution is 5.95. The largest absolute Gasteiger partial charge is 0.484 e. The van der Waals surface area contributed by atoms with E-state index in [2.05, 4.69) is 14.9 Å². The van der Waals surface area contributed by atoms with Gasteiger partial charge in [0.2, 0.25) is 5.91 Å². The molecule has 8 nitrogen and oxygen atoms in total. The molecule has 0 atom stereocenters. The molecule has 2 aliphatic rings. The second-order valence-corrected chi connectivity index (χ2v) is 6.87. The first-order valence-electron chi connectivity index (χ1n) is 9.53. The number of rotatable bonds is 5. The SMILES string of the molecule is O=C(COc1cccc(N2CCCC2=O)c1)N1CCN(c2cnccn2)CC1. The normalized spacial score (nSPS) is 17.1. The molecule has 0 radical (unpaired) electrons. The van der Waals surface area contributed by atoms with Crippen molar-refractivity contribution >= 4 is 23.3 Å². The zero-order valence-corrected chi connectivity index (χ0v) is 15.7. The van der Waals surface area contributed by atoms with Crippen LogP contribution in [0.2, 0.25) is 0 Å². The Labute approximate surface area is 163 Å². The number of carbonyl (C=O) groups is 2. The van der Waals surface area contributed by atoms with Gasteiger partial charge in [0.05, 0.1) is 6.20 Å². The van der Waals surface area contributed by atoms with Gasteiger partial charge < -0.3 is 19.4 Å². The van der Waals surface area contributed by atoms with Crippen LogP contribution in [-0.2, 0) is 9.59 Å². The average Bonchev–Trinajstić information content (AvgIpc) is 3.19. The van der Waals surface area contributed by atoms with Crippen LogP contribution in [0.15, 0.2) is 42.9 Å². The Morgan fingerprint density at radius 3 is 2.68 bits per heavy atom. The molecule has 4 rings (SSSR count). The molecule has 0 aliphatic carbocycles. The summed E-state index contributed by atoms with van der Waals surface area (Å²) in [7, 11) is 0. The highest BCUT2D eigenvalue weighted by atomic mass is 16.5. The summed E-state index contributed by atoms with van der Waals surface area (Å²) in [5.41, 5.74) is 0.824. The van der Waals surface area contributed by atoms with Gasteiger partial charge in [-0.2, -0.15) is 0 Å². The fraction of sp³-hybridized carbons (Fsp3) is 0.400. The summed E-state index contributed by atoms with van der Waals surface area (Å²) in [6, 6.07) is 7.37. The number of aromatic nitrogens is 2. The minimum atomic E-state index is -0.0403. The molecule has 0 N–H and O–H groups in total. The molecule has 146 valence electrons. The number of hydrogen-bond donors (Lipinski definition) is 0. The average molecular weight is 381 g/mol. The van der Waals surface area contributed by atoms with Crippen LogP contribution in [0.4, 0.5) is 11.5 Å². The van der Waals surface area contributed by atoms with Crippen molar-refractivity contribution in [3.05, 3.63) is 42.9 Å². The topological polar surface area (TPSA) is 78.9 Å². The number of benzene rings is 1.